The molecule has 6 heteroatoms. The smallest absolute Gasteiger partial charge is 0.239 e. The van der Waals surface area contributed by atoms with Crippen LogP contribution in [-0.4, -0.2) is 10.9 Å². The van der Waals surface area contributed by atoms with Gasteiger partial charge in [0, 0.05) is 10.9 Å². The van der Waals surface area contributed by atoms with Crippen LogP contribution >= 0.6 is 11.3 Å². The Labute approximate surface area is 101 Å². The van der Waals surface area contributed by atoms with Crippen LogP contribution in [0.3, 0.4) is 0 Å². The Morgan fingerprint density at radius 3 is 2.76 bits per heavy atom. The van der Waals surface area contributed by atoms with Gasteiger partial charge in [0.05, 0.1) is 12.1 Å². The van der Waals surface area contributed by atoms with Gasteiger partial charge in [-0.25, -0.2) is 15.2 Å². The predicted octanol–water partition coefficient (Wildman–Crippen LogP) is 1.48. The number of aromatic nitrogens is 1. The van der Waals surface area contributed by atoms with Crippen LogP contribution in [0.5, 0.6) is 0 Å². The molecule has 2 aromatic rings. The van der Waals surface area contributed by atoms with Crippen molar-refractivity contribution in [3.8, 4) is 10.6 Å². The largest absolute Gasteiger partial charge is 0.294 e. The zero-order chi connectivity index (χ0) is 12.3. The third-order valence-corrected chi connectivity index (χ3v) is 3.09. The molecule has 0 bridgehead atoms. The molecule has 0 unspecified atom stereocenters. The Balaban J connectivity index is 2.18. The van der Waals surface area contributed by atoms with E-state index in [1.807, 2.05) is 5.43 Å². The van der Waals surface area contributed by atoms with Crippen molar-refractivity contribution in [2.24, 2.45) is 5.84 Å². The molecule has 0 aliphatic carbocycles. The first-order valence-corrected chi connectivity index (χ1v) is 5.77. The number of halogens is 1. The zero-order valence-corrected chi connectivity index (χ0v) is 9.63. The van der Waals surface area contributed by atoms with E-state index in [1.54, 1.807) is 17.5 Å². The maximum atomic E-state index is 12.7. The van der Waals surface area contributed by atoms with E-state index in [0.717, 1.165) is 10.6 Å². The van der Waals surface area contributed by atoms with Gasteiger partial charge in [-0.05, 0) is 24.3 Å². The molecule has 0 spiro atoms. The van der Waals surface area contributed by atoms with Crippen LogP contribution in [-0.2, 0) is 11.2 Å². The topological polar surface area (TPSA) is 68.0 Å². The highest BCUT2D eigenvalue weighted by Gasteiger charge is 2.08. The molecule has 1 heterocycles. The van der Waals surface area contributed by atoms with Crippen LogP contribution in [0, 0.1) is 5.82 Å². The Kier molecular flexibility index (Phi) is 3.46. The van der Waals surface area contributed by atoms with Crippen molar-refractivity contribution in [1.82, 2.24) is 10.4 Å². The van der Waals surface area contributed by atoms with Crippen molar-refractivity contribution >= 4 is 17.2 Å². The number of rotatable bonds is 3. The summed E-state index contributed by atoms with van der Waals surface area (Å²) >= 11 is 1.41. The first-order valence-electron chi connectivity index (χ1n) is 4.89. The van der Waals surface area contributed by atoms with Crippen molar-refractivity contribution in [2.45, 2.75) is 6.42 Å². The molecule has 3 N–H and O–H groups in total. The SMILES string of the molecule is NNC(=O)Cc1csc(-c2ccc(F)cc2)n1. The van der Waals surface area contributed by atoms with E-state index in [9.17, 15) is 9.18 Å². The molecule has 0 atom stereocenters. The molecule has 0 saturated heterocycles. The summed E-state index contributed by atoms with van der Waals surface area (Å²) in [5.74, 6) is 4.41. The van der Waals surface area contributed by atoms with Crippen LogP contribution in [0.15, 0.2) is 29.6 Å². The molecule has 1 amide bonds. The summed E-state index contributed by atoms with van der Waals surface area (Å²) in [6.45, 7) is 0. The van der Waals surface area contributed by atoms with Gasteiger partial charge in [0.1, 0.15) is 10.8 Å². The molecule has 17 heavy (non-hydrogen) atoms. The minimum Gasteiger partial charge on any atom is -0.294 e. The second kappa shape index (κ2) is 5.03. The highest BCUT2D eigenvalue weighted by atomic mass is 32.1. The summed E-state index contributed by atoms with van der Waals surface area (Å²) in [7, 11) is 0. The number of hydrogen-bond acceptors (Lipinski definition) is 4. The van der Waals surface area contributed by atoms with Gasteiger partial charge in [0.25, 0.3) is 0 Å². The van der Waals surface area contributed by atoms with Gasteiger partial charge < -0.3 is 0 Å². The molecule has 0 radical (unpaired) electrons. The molecule has 1 aromatic heterocycles. The third-order valence-electron chi connectivity index (χ3n) is 2.15. The molecule has 0 aliphatic rings. The minimum atomic E-state index is -0.291. The number of benzene rings is 1. The van der Waals surface area contributed by atoms with Crippen LogP contribution in [0.25, 0.3) is 10.6 Å². The van der Waals surface area contributed by atoms with E-state index >= 15 is 0 Å². The van der Waals surface area contributed by atoms with Crippen LogP contribution in [0.2, 0.25) is 0 Å². The maximum Gasteiger partial charge on any atom is 0.239 e. The number of amides is 1. The second-order valence-corrected chi connectivity index (χ2v) is 4.25. The van der Waals surface area contributed by atoms with Gasteiger partial charge in [0.2, 0.25) is 5.91 Å². The third kappa shape index (κ3) is 2.86. The fourth-order valence-corrected chi connectivity index (χ4v) is 2.15. The first kappa shape index (κ1) is 11.7. The highest BCUT2D eigenvalue weighted by molar-refractivity contribution is 7.13. The lowest BCUT2D eigenvalue weighted by atomic mass is 10.2. The summed E-state index contributed by atoms with van der Waals surface area (Å²) in [5, 5.41) is 2.54. The van der Waals surface area contributed by atoms with Crippen molar-refractivity contribution in [1.29, 1.82) is 0 Å². The summed E-state index contributed by atoms with van der Waals surface area (Å²) in [6, 6.07) is 6.06. The Morgan fingerprint density at radius 2 is 2.12 bits per heavy atom. The van der Waals surface area contributed by atoms with E-state index in [4.69, 9.17) is 5.84 Å². The number of nitrogens with one attached hydrogen (secondary N) is 1. The number of carbonyl (C=O) groups excluding carboxylic acids is 1. The van der Waals surface area contributed by atoms with Crippen molar-refractivity contribution in [3.63, 3.8) is 0 Å². The fourth-order valence-electron chi connectivity index (χ4n) is 1.33. The molecular formula is C11H10FN3OS. The number of hydrogen-bond donors (Lipinski definition) is 2. The highest BCUT2D eigenvalue weighted by Crippen LogP contribution is 2.23. The lowest BCUT2D eigenvalue weighted by Crippen LogP contribution is -2.31. The molecule has 1 aromatic carbocycles. The van der Waals surface area contributed by atoms with E-state index in [-0.39, 0.29) is 18.1 Å². The van der Waals surface area contributed by atoms with Crippen LogP contribution in [0.4, 0.5) is 4.39 Å². The van der Waals surface area contributed by atoms with Gasteiger partial charge in [-0.3, -0.25) is 10.2 Å². The molecule has 2 rings (SSSR count). The lowest BCUT2D eigenvalue weighted by molar-refractivity contribution is -0.120. The average Bonchev–Trinajstić information content (AvgIpc) is 2.78. The number of hydrazine groups is 1. The average molecular weight is 251 g/mol. The maximum absolute atomic E-state index is 12.7. The van der Waals surface area contributed by atoms with Gasteiger partial charge in [-0.2, -0.15) is 0 Å². The standard InChI is InChI=1S/C11H10FN3OS/c12-8-3-1-7(2-4-8)11-14-9(6-17-11)5-10(16)15-13/h1-4,6H,5,13H2,(H,15,16). The van der Waals surface area contributed by atoms with Crippen LogP contribution in [0.1, 0.15) is 5.69 Å². The Bertz CT molecular complexity index is 524. The zero-order valence-electron chi connectivity index (χ0n) is 8.81. The molecule has 0 fully saturated rings. The number of nitrogens with zero attached hydrogens (tertiary/aromatic N) is 1. The quantitative estimate of drug-likeness (QED) is 0.493. The lowest BCUT2D eigenvalue weighted by Gasteiger charge is -1.96. The molecule has 0 saturated carbocycles. The number of carbonyl (C=O) groups is 1. The fraction of sp³-hybridized carbons (Fsp3) is 0.0909. The summed E-state index contributed by atoms with van der Waals surface area (Å²) in [5.41, 5.74) is 3.53. The van der Waals surface area contributed by atoms with Gasteiger partial charge in [-0.15, -0.1) is 11.3 Å². The first-order chi connectivity index (χ1) is 8.19. The van der Waals surface area contributed by atoms with Crippen molar-refractivity contribution in [3.05, 3.63) is 41.2 Å². The predicted molar refractivity (Wildman–Crippen MR) is 63.5 cm³/mol. The molecule has 4 nitrogen and oxygen atoms in total. The van der Waals surface area contributed by atoms with E-state index < -0.39 is 0 Å². The van der Waals surface area contributed by atoms with Crippen LogP contribution < -0.4 is 11.3 Å². The molecule has 0 aliphatic heterocycles. The van der Waals surface area contributed by atoms with Gasteiger partial charge >= 0.3 is 0 Å². The molecular weight excluding hydrogens is 241 g/mol. The Morgan fingerprint density at radius 1 is 1.41 bits per heavy atom. The summed E-state index contributed by atoms with van der Waals surface area (Å²) in [6.07, 6.45) is 0.147. The minimum absolute atomic E-state index is 0.147. The monoisotopic (exact) mass is 251 g/mol. The van der Waals surface area contributed by atoms with Gasteiger partial charge in [0.15, 0.2) is 0 Å². The van der Waals surface area contributed by atoms with E-state index in [1.165, 1.54) is 23.5 Å². The number of nitrogens with two attached hydrogens (primary N) is 1. The number of thiazole rings is 1. The van der Waals surface area contributed by atoms with E-state index in [0.29, 0.717) is 5.69 Å². The summed E-state index contributed by atoms with van der Waals surface area (Å²) < 4.78 is 12.7. The van der Waals surface area contributed by atoms with Crippen molar-refractivity contribution in [2.75, 3.05) is 0 Å². The van der Waals surface area contributed by atoms with Crippen molar-refractivity contribution < 1.29 is 9.18 Å². The van der Waals surface area contributed by atoms with E-state index in [2.05, 4.69) is 4.98 Å². The normalized spacial score (nSPS) is 10.2. The second-order valence-electron chi connectivity index (χ2n) is 3.40. The molecule has 88 valence electrons. The van der Waals surface area contributed by atoms with Gasteiger partial charge in [-0.1, -0.05) is 0 Å². The Hall–Kier alpha value is -1.79. The summed E-state index contributed by atoms with van der Waals surface area (Å²) in [4.78, 5) is 15.3.